The van der Waals surface area contributed by atoms with Gasteiger partial charge in [0.25, 0.3) is 0 Å². The summed E-state index contributed by atoms with van der Waals surface area (Å²) in [7, 11) is 0. The summed E-state index contributed by atoms with van der Waals surface area (Å²) in [6, 6.07) is 13.2. The molecular weight excluding hydrogens is 264 g/mol. The van der Waals surface area contributed by atoms with Crippen molar-refractivity contribution in [2.24, 2.45) is 0 Å². The minimum absolute atomic E-state index is 0.00831. The fraction of sp³-hybridized carbons (Fsp3) is 0.278. The predicted molar refractivity (Wildman–Crippen MR) is 83.4 cm³/mol. The number of Topliss-reactive ketones (excluding diaryl/α,β-unsaturated/α-hetero) is 1. The molecule has 2 aromatic carbocycles. The Bertz CT molecular complexity index is 632. The van der Waals surface area contributed by atoms with E-state index in [1.165, 1.54) is 0 Å². The second-order valence-corrected chi connectivity index (χ2v) is 4.91. The SMILES string of the molecule is CCOc1ccccc1C(=O)COc1cc(C)ccc1C. The highest BCUT2D eigenvalue weighted by Gasteiger charge is 2.13. The largest absolute Gasteiger partial charge is 0.493 e. The number of ether oxygens (including phenoxy) is 2. The summed E-state index contributed by atoms with van der Waals surface area (Å²) >= 11 is 0. The number of carbonyl (C=O) groups is 1. The van der Waals surface area contributed by atoms with Gasteiger partial charge in [0, 0.05) is 0 Å². The molecule has 0 heterocycles. The summed E-state index contributed by atoms with van der Waals surface area (Å²) in [5, 5.41) is 0. The molecule has 2 aromatic rings. The third kappa shape index (κ3) is 3.85. The number of carbonyl (C=O) groups excluding carboxylic acids is 1. The number of hydrogen-bond acceptors (Lipinski definition) is 3. The van der Waals surface area contributed by atoms with Gasteiger partial charge in [-0.3, -0.25) is 4.79 Å². The van der Waals surface area contributed by atoms with E-state index in [0.717, 1.165) is 16.9 Å². The highest BCUT2D eigenvalue weighted by molar-refractivity contribution is 5.99. The van der Waals surface area contributed by atoms with Crippen LogP contribution in [0, 0.1) is 13.8 Å². The first-order valence-corrected chi connectivity index (χ1v) is 7.07. The van der Waals surface area contributed by atoms with Gasteiger partial charge in [0.2, 0.25) is 5.78 Å². The van der Waals surface area contributed by atoms with E-state index in [1.54, 1.807) is 12.1 Å². The molecule has 0 saturated heterocycles. The molecule has 0 bridgehead atoms. The summed E-state index contributed by atoms with van der Waals surface area (Å²) in [6.45, 7) is 6.40. The molecule has 3 nitrogen and oxygen atoms in total. The van der Waals surface area contributed by atoms with Crippen LogP contribution in [0.5, 0.6) is 11.5 Å². The zero-order chi connectivity index (χ0) is 15.2. The van der Waals surface area contributed by atoms with Crippen LogP contribution < -0.4 is 9.47 Å². The minimum Gasteiger partial charge on any atom is -0.493 e. The molecule has 0 saturated carbocycles. The van der Waals surface area contributed by atoms with Crippen LogP contribution in [-0.4, -0.2) is 19.0 Å². The van der Waals surface area contributed by atoms with Crippen LogP contribution in [0.2, 0.25) is 0 Å². The monoisotopic (exact) mass is 284 g/mol. The van der Waals surface area contributed by atoms with Crippen molar-refractivity contribution in [2.45, 2.75) is 20.8 Å². The summed E-state index contributed by atoms with van der Waals surface area (Å²) in [5.74, 6) is 1.27. The van der Waals surface area contributed by atoms with Crippen molar-refractivity contribution in [1.82, 2.24) is 0 Å². The highest BCUT2D eigenvalue weighted by Crippen LogP contribution is 2.21. The van der Waals surface area contributed by atoms with Crippen molar-refractivity contribution in [1.29, 1.82) is 0 Å². The molecule has 2 rings (SSSR count). The van der Waals surface area contributed by atoms with Gasteiger partial charge in [0.05, 0.1) is 12.2 Å². The van der Waals surface area contributed by atoms with E-state index in [9.17, 15) is 4.79 Å². The molecule has 0 aromatic heterocycles. The van der Waals surface area contributed by atoms with Crippen LogP contribution in [0.4, 0.5) is 0 Å². The Morgan fingerprint density at radius 2 is 1.76 bits per heavy atom. The second-order valence-electron chi connectivity index (χ2n) is 4.91. The third-order valence-corrected chi connectivity index (χ3v) is 3.19. The second kappa shape index (κ2) is 6.93. The number of ketones is 1. The van der Waals surface area contributed by atoms with Gasteiger partial charge in [-0.1, -0.05) is 24.3 Å². The first-order valence-electron chi connectivity index (χ1n) is 7.07. The summed E-state index contributed by atoms with van der Waals surface area (Å²) in [6.07, 6.45) is 0. The van der Waals surface area contributed by atoms with Gasteiger partial charge in [-0.05, 0) is 50.1 Å². The number of hydrogen-bond donors (Lipinski definition) is 0. The van der Waals surface area contributed by atoms with E-state index in [2.05, 4.69) is 0 Å². The fourth-order valence-electron chi connectivity index (χ4n) is 2.06. The van der Waals surface area contributed by atoms with Gasteiger partial charge in [-0.25, -0.2) is 0 Å². The Balaban J connectivity index is 2.10. The Labute approximate surface area is 125 Å². The van der Waals surface area contributed by atoms with Crippen molar-refractivity contribution >= 4 is 5.78 Å². The van der Waals surface area contributed by atoms with Crippen molar-refractivity contribution in [3.05, 3.63) is 59.2 Å². The molecule has 110 valence electrons. The third-order valence-electron chi connectivity index (χ3n) is 3.19. The first kappa shape index (κ1) is 15.1. The maximum absolute atomic E-state index is 12.3. The number of para-hydroxylation sites is 1. The van der Waals surface area contributed by atoms with Crippen molar-refractivity contribution < 1.29 is 14.3 Å². The Morgan fingerprint density at radius 3 is 2.52 bits per heavy atom. The molecule has 3 heteroatoms. The van der Waals surface area contributed by atoms with Crippen molar-refractivity contribution in [3.63, 3.8) is 0 Å². The average molecular weight is 284 g/mol. The predicted octanol–water partition coefficient (Wildman–Crippen LogP) is 3.96. The molecule has 0 amide bonds. The summed E-state index contributed by atoms with van der Waals surface area (Å²) < 4.78 is 11.1. The van der Waals surface area contributed by atoms with E-state index in [-0.39, 0.29) is 12.4 Å². The molecular formula is C18H20O3. The smallest absolute Gasteiger partial charge is 0.203 e. The molecule has 0 aliphatic heterocycles. The number of rotatable bonds is 6. The lowest BCUT2D eigenvalue weighted by atomic mass is 10.1. The number of aryl methyl sites for hydroxylation is 2. The van der Waals surface area contributed by atoms with E-state index < -0.39 is 0 Å². The molecule has 0 N–H and O–H groups in total. The van der Waals surface area contributed by atoms with Crippen LogP contribution in [0.1, 0.15) is 28.4 Å². The van der Waals surface area contributed by atoms with Crippen LogP contribution in [0.3, 0.4) is 0 Å². The van der Waals surface area contributed by atoms with Gasteiger partial charge in [0.1, 0.15) is 11.5 Å². The topological polar surface area (TPSA) is 35.5 Å². The van der Waals surface area contributed by atoms with Crippen LogP contribution in [-0.2, 0) is 0 Å². The molecule has 0 aliphatic rings. The highest BCUT2D eigenvalue weighted by atomic mass is 16.5. The standard InChI is InChI=1S/C18H20O3/c1-4-20-17-8-6-5-7-15(17)16(19)12-21-18-11-13(2)9-10-14(18)3/h5-11H,4,12H2,1-3H3. The van der Waals surface area contributed by atoms with E-state index in [0.29, 0.717) is 17.9 Å². The lowest BCUT2D eigenvalue weighted by Crippen LogP contribution is -2.13. The quantitative estimate of drug-likeness (QED) is 0.753. The molecule has 0 fully saturated rings. The normalized spacial score (nSPS) is 10.2. The molecule has 0 unspecified atom stereocenters. The number of benzene rings is 2. The van der Waals surface area contributed by atoms with Gasteiger partial charge in [-0.15, -0.1) is 0 Å². The first-order chi connectivity index (χ1) is 10.1. The lowest BCUT2D eigenvalue weighted by molar-refractivity contribution is 0.0917. The molecule has 0 spiro atoms. The summed E-state index contributed by atoms with van der Waals surface area (Å²) in [5.41, 5.74) is 2.69. The average Bonchev–Trinajstić information content (AvgIpc) is 2.49. The molecule has 0 aliphatic carbocycles. The van der Waals surface area contributed by atoms with Gasteiger partial charge in [0.15, 0.2) is 6.61 Å². The minimum atomic E-state index is -0.0834. The summed E-state index contributed by atoms with van der Waals surface area (Å²) in [4.78, 5) is 12.3. The van der Waals surface area contributed by atoms with Crippen LogP contribution in [0.25, 0.3) is 0 Å². The Kier molecular flexibility index (Phi) is 4.99. The van der Waals surface area contributed by atoms with E-state index >= 15 is 0 Å². The van der Waals surface area contributed by atoms with Crippen LogP contribution in [0.15, 0.2) is 42.5 Å². The Morgan fingerprint density at radius 1 is 1.00 bits per heavy atom. The van der Waals surface area contributed by atoms with Crippen molar-refractivity contribution in [2.75, 3.05) is 13.2 Å². The van der Waals surface area contributed by atoms with Gasteiger partial charge >= 0.3 is 0 Å². The van der Waals surface area contributed by atoms with Gasteiger partial charge < -0.3 is 9.47 Å². The van der Waals surface area contributed by atoms with Crippen molar-refractivity contribution in [3.8, 4) is 11.5 Å². The zero-order valence-corrected chi connectivity index (χ0v) is 12.7. The fourth-order valence-corrected chi connectivity index (χ4v) is 2.06. The lowest BCUT2D eigenvalue weighted by Gasteiger charge is -2.11. The Hall–Kier alpha value is -2.29. The van der Waals surface area contributed by atoms with Gasteiger partial charge in [-0.2, -0.15) is 0 Å². The molecule has 0 radical (unpaired) electrons. The maximum atomic E-state index is 12.3. The molecule has 21 heavy (non-hydrogen) atoms. The van der Waals surface area contributed by atoms with E-state index in [1.807, 2.05) is 51.1 Å². The molecule has 0 atom stereocenters. The van der Waals surface area contributed by atoms with E-state index in [4.69, 9.17) is 9.47 Å². The van der Waals surface area contributed by atoms with Crippen LogP contribution >= 0.6 is 0 Å². The maximum Gasteiger partial charge on any atom is 0.203 e. The zero-order valence-electron chi connectivity index (χ0n) is 12.7.